The van der Waals surface area contributed by atoms with Gasteiger partial charge in [0.05, 0.1) is 13.0 Å². The van der Waals surface area contributed by atoms with Gasteiger partial charge in [0.2, 0.25) is 5.91 Å². The maximum absolute atomic E-state index is 11.8. The van der Waals surface area contributed by atoms with E-state index < -0.39 is 18.7 Å². The lowest BCUT2D eigenvalue weighted by atomic mass is 10.1. The molecule has 20 heavy (non-hydrogen) atoms. The van der Waals surface area contributed by atoms with Crippen molar-refractivity contribution < 1.29 is 22.7 Å². The highest BCUT2D eigenvalue weighted by molar-refractivity contribution is 5.91. The Morgan fingerprint density at radius 1 is 1.40 bits per heavy atom. The zero-order valence-corrected chi connectivity index (χ0v) is 11.1. The Morgan fingerprint density at radius 3 is 2.65 bits per heavy atom. The third-order valence-corrected chi connectivity index (χ3v) is 2.55. The Hall–Kier alpha value is -1.76. The molecular weight excluding hydrogens is 273 g/mol. The second kappa shape index (κ2) is 7.14. The van der Waals surface area contributed by atoms with E-state index in [0.29, 0.717) is 11.4 Å². The number of hydrogen-bond donors (Lipinski definition) is 2. The number of nitrogen functional groups attached to an aromatic ring is 1. The van der Waals surface area contributed by atoms with Gasteiger partial charge in [0.25, 0.3) is 0 Å². The first-order chi connectivity index (χ1) is 9.31. The fraction of sp³-hybridized carbons (Fsp3) is 0.462. The molecular formula is C13H17F3N2O2. The summed E-state index contributed by atoms with van der Waals surface area (Å²) in [7, 11) is 0. The Balaban J connectivity index is 2.37. The molecule has 0 fully saturated rings. The van der Waals surface area contributed by atoms with E-state index >= 15 is 0 Å². The Labute approximate surface area is 115 Å². The lowest BCUT2D eigenvalue weighted by Gasteiger charge is -2.09. The predicted molar refractivity (Wildman–Crippen MR) is 70.4 cm³/mol. The van der Waals surface area contributed by atoms with Gasteiger partial charge in [0.1, 0.15) is 6.61 Å². The first-order valence-electron chi connectivity index (χ1n) is 6.14. The molecule has 0 aliphatic carbocycles. The van der Waals surface area contributed by atoms with Crippen LogP contribution in [0.2, 0.25) is 0 Å². The number of ether oxygens (including phenoxy) is 1. The first-order valence-corrected chi connectivity index (χ1v) is 6.14. The van der Waals surface area contributed by atoms with E-state index in [0.717, 1.165) is 12.0 Å². The van der Waals surface area contributed by atoms with Gasteiger partial charge < -0.3 is 15.8 Å². The largest absolute Gasteiger partial charge is 0.411 e. The highest BCUT2D eigenvalue weighted by Gasteiger charge is 2.27. The molecule has 0 atom stereocenters. The number of nitrogens with one attached hydrogen (secondary N) is 1. The molecule has 7 heteroatoms. The van der Waals surface area contributed by atoms with Gasteiger partial charge in [-0.1, -0.05) is 13.0 Å². The van der Waals surface area contributed by atoms with Gasteiger partial charge in [0.15, 0.2) is 0 Å². The third-order valence-electron chi connectivity index (χ3n) is 2.55. The second-order valence-electron chi connectivity index (χ2n) is 4.23. The topological polar surface area (TPSA) is 64.3 Å². The zero-order chi connectivity index (χ0) is 15.2. The van der Waals surface area contributed by atoms with Crippen LogP contribution in [-0.2, 0) is 16.0 Å². The maximum Gasteiger partial charge on any atom is 0.411 e. The van der Waals surface area contributed by atoms with E-state index in [-0.39, 0.29) is 13.0 Å². The minimum Gasteiger partial charge on any atom is -0.398 e. The van der Waals surface area contributed by atoms with Crippen molar-refractivity contribution in [1.29, 1.82) is 0 Å². The number of carbonyl (C=O) groups is 1. The maximum atomic E-state index is 11.8. The number of anilines is 2. The van der Waals surface area contributed by atoms with E-state index in [2.05, 4.69) is 10.1 Å². The highest BCUT2D eigenvalue weighted by Crippen LogP contribution is 2.18. The molecule has 0 aliphatic rings. The monoisotopic (exact) mass is 290 g/mol. The predicted octanol–water partition coefficient (Wildman–Crippen LogP) is 2.74. The molecule has 0 heterocycles. The quantitative estimate of drug-likeness (QED) is 0.625. The fourth-order valence-corrected chi connectivity index (χ4v) is 1.57. The van der Waals surface area contributed by atoms with E-state index in [9.17, 15) is 18.0 Å². The number of rotatable bonds is 6. The van der Waals surface area contributed by atoms with Gasteiger partial charge in [-0.25, -0.2) is 0 Å². The highest BCUT2D eigenvalue weighted by atomic mass is 19.4. The number of aryl methyl sites for hydroxylation is 1. The molecule has 1 aromatic carbocycles. The van der Waals surface area contributed by atoms with Gasteiger partial charge in [-0.05, 0) is 24.1 Å². The minimum absolute atomic E-state index is 0.147. The van der Waals surface area contributed by atoms with Crippen molar-refractivity contribution in [3.63, 3.8) is 0 Å². The Morgan fingerprint density at radius 2 is 2.10 bits per heavy atom. The second-order valence-corrected chi connectivity index (χ2v) is 4.23. The number of alkyl halides is 3. The standard InChI is InChI=1S/C13H17F3N2O2/c1-2-9-3-4-10(7-11(9)17)18-12(19)5-6-20-8-13(14,15)16/h3-4,7H,2,5-6,8,17H2,1H3,(H,18,19). The van der Waals surface area contributed by atoms with Crippen molar-refractivity contribution in [1.82, 2.24) is 0 Å². The van der Waals surface area contributed by atoms with E-state index in [1.165, 1.54) is 0 Å². The summed E-state index contributed by atoms with van der Waals surface area (Å²) in [5.41, 5.74) is 7.83. The number of halogens is 3. The van der Waals surface area contributed by atoms with Crippen molar-refractivity contribution in [2.45, 2.75) is 25.9 Å². The van der Waals surface area contributed by atoms with Crippen LogP contribution < -0.4 is 11.1 Å². The number of benzene rings is 1. The fourth-order valence-electron chi connectivity index (χ4n) is 1.57. The van der Waals surface area contributed by atoms with Gasteiger partial charge in [-0.3, -0.25) is 4.79 Å². The first kappa shape index (κ1) is 16.3. The summed E-state index contributed by atoms with van der Waals surface area (Å²) in [6.07, 6.45) is -3.74. The summed E-state index contributed by atoms with van der Waals surface area (Å²) in [5, 5.41) is 2.55. The molecule has 1 rings (SSSR count). The summed E-state index contributed by atoms with van der Waals surface area (Å²) >= 11 is 0. The van der Waals surface area contributed by atoms with Crippen LogP contribution >= 0.6 is 0 Å². The van der Waals surface area contributed by atoms with Crippen molar-refractivity contribution in [3.05, 3.63) is 23.8 Å². The summed E-state index contributed by atoms with van der Waals surface area (Å²) in [4.78, 5) is 11.5. The normalized spacial score (nSPS) is 11.4. The van der Waals surface area contributed by atoms with Crippen molar-refractivity contribution >= 4 is 17.3 Å². The van der Waals surface area contributed by atoms with Crippen LogP contribution in [0.3, 0.4) is 0 Å². The number of nitrogens with two attached hydrogens (primary N) is 1. The van der Waals surface area contributed by atoms with Gasteiger partial charge >= 0.3 is 6.18 Å². The summed E-state index contributed by atoms with van der Waals surface area (Å²) in [6.45, 7) is 0.328. The molecule has 0 aliphatic heterocycles. The van der Waals surface area contributed by atoms with Crippen molar-refractivity contribution in [3.8, 4) is 0 Å². The third kappa shape index (κ3) is 5.92. The number of amides is 1. The summed E-state index contributed by atoms with van der Waals surface area (Å²) < 4.78 is 39.8. The number of hydrogen-bond acceptors (Lipinski definition) is 3. The van der Waals surface area contributed by atoms with Crippen LogP contribution in [0.1, 0.15) is 18.9 Å². The van der Waals surface area contributed by atoms with E-state index in [4.69, 9.17) is 5.73 Å². The molecule has 0 aromatic heterocycles. The van der Waals surface area contributed by atoms with E-state index in [1.54, 1.807) is 18.2 Å². The van der Waals surface area contributed by atoms with Crippen LogP contribution in [0.25, 0.3) is 0 Å². The average molecular weight is 290 g/mol. The lowest BCUT2D eigenvalue weighted by Crippen LogP contribution is -2.20. The van der Waals surface area contributed by atoms with Crippen molar-refractivity contribution in [2.75, 3.05) is 24.3 Å². The van der Waals surface area contributed by atoms with Crippen LogP contribution in [0.5, 0.6) is 0 Å². The summed E-state index contributed by atoms with van der Waals surface area (Å²) in [6, 6.07) is 5.11. The van der Waals surface area contributed by atoms with Crippen LogP contribution in [-0.4, -0.2) is 25.3 Å². The number of carbonyl (C=O) groups excluding carboxylic acids is 1. The smallest absolute Gasteiger partial charge is 0.398 e. The van der Waals surface area contributed by atoms with Crippen LogP contribution in [0, 0.1) is 0 Å². The van der Waals surface area contributed by atoms with Gasteiger partial charge in [0, 0.05) is 11.4 Å². The molecule has 3 N–H and O–H groups in total. The molecule has 1 aromatic rings. The minimum atomic E-state index is -4.37. The Kier molecular flexibility index (Phi) is 5.82. The molecule has 0 radical (unpaired) electrons. The molecule has 0 unspecified atom stereocenters. The van der Waals surface area contributed by atoms with Gasteiger partial charge in [-0.2, -0.15) is 13.2 Å². The SMILES string of the molecule is CCc1ccc(NC(=O)CCOCC(F)(F)F)cc1N. The van der Waals surface area contributed by atoms with Crippen LogP contribution in [0.15, 0.2) is 18.2 Å². The molecule has 0 spiro atoms. The molecule has 0 bridgehead atoms. The van der Waals surface area contributed by atoms with Crippen LogP contribution in [0.4, 0.5) is 24.5 Å². The van der Waals surface area contributed by atoms with E-state index in [1.807, 2.05) is 6.92 Å². The lowest BCUT2D eigenvalue weighted by molar-refractivity contribution is -0.174. The average Bonchev–Trinajstić information content (AvgIpc) is 2.34. The van der Waals surface area contributed by atoms with Crippen molar-refractivity contribution in [2.24, 2.45) is 0 Å². The molecule has 0 saturated carbocycles. The zero-order valence-electron chi connectivity index (χ0n) is 11.1. The van der Waals surface area contributed by atoms with Gasteiger partial charge in [-0.15, -0.1) is 0 Å². The molecule has 1 amide bonds. The summed E-state index contributed by atoms with van der Waals surface area (Å²) in [5.74, 6) is -0.421. The molecule has 4 nitrogen and oxygen atoms in total. The molecule has 112 valence electrons. The molecule has 0 saturated heterocycles. The Bertz CT molecular complexity index is 461.